The molecule has 1 fully saturated rings. The first-order valence-corrected chi connectivity index (χ1v) is 7.92. The van der Waals surface area contributed by atoms with Crippen LogP contribution in [-0.4, -0.2) is 11.1 Å². The molecule has 1 aliphatic rings. The molecule has 1 N–H and O–H groups in total. The van der Waals surface area contributed by atoms with E-state index in [4.69, 9.17) is 11.6 Å². The molecule has 0 spiro atoms. The molecule has 3 nitrogen and oxygen atoms in total. The van der Waals surface area contributed by atoms with Crippen molar-refractivity contribution in [2.75, 3.05) is 0 Å². The molecule has 0 aromatic heterocycles. The third-order valence-electron chi connectivity index (χ3n) is 3.16. The summed E-state index contributed by atoms with van der Waals surface area (Å²) >= 11 is 7.20. The lowest BCUT2D eigenvalue weighted by molar-refractivity contribution is -0.115. The molecule has 0 bridgehead atoms. The molecule has 0 unspecified atom stereocenters. The van der Waals surface area contributed by atoms with Crippen LogP contribution in [-0.2, 0) is 4.79 Å². The molecule has 0 atom stereocenters. The van der Waals surface area contributed by atoms with E-state index in [1.807, 2.05) is 49.4 Å². The highest BCUT2D eigenvalue weighted by Crippen LogP contribution is 2.29. The predicted octanol–water partition coefficient (Wildman–Crippen LogP) is 4.54. The number of carbonyl (C=O) groups is 1. The van der Waals surface area contributed by atoms with Crippen LogP contribution in [0.1, 0.15) is 11.1 Å². The molecule has 1 heterocycles. The number of amidine groups is 1. The van der Waals surface area contributed by atoms with Crippen molar-refractivity contribution in [3.05, 3.63) is 69.6 Å². The Hall–Kier alpha value is -2.04. The summed E-state index contributed by atoms with van der Waals surface area (Å²) in [5, 5.41) is 4.06. The van der Waals surface area contributed by atoms with Gasteiger partial charge in [0.2, 0.25) is 0 Å². The third kappa shape index (κ3) is 3.40. The van der Waals surface area contributed by atoms with Gasteiger partial charge < -0.3 is 5.32 Å². The van der Waals surface area contributed by atoms with Crippen molar-refractivity contribution in [2.24, 2.45) is 4.99 Å². The number of hydrogen-bond acceptors (Lipinski definition) is 3. The van der Waals surface area contributed by atoms with Gasteiger partial charge in [-0.05, 0) is 54.1 Å². The fourth-order valence-corrected chi connectivity index (χ4v) is 2.95. The topological polar surface area (TPSA) is 41.5 Å². The summed E-state index contributed by atoms with van der Waals surface area (Å²) < 4.78 is 0. The Labute approximate surface area is 138 Å². The van der Waals surface area contributed by atoms with E-state index in [-0.39, 0.29) is 5.91 Å². The number of halogens is 1. The molecule has 2 aromatic carbocycles. The Kier molecular flexibility index (Phi) is 4.32. The molecule has 1 saturated heterocycles. The van der Waals surface area contributed by atoms with Crippen LogP contribution in [0.5, 0.6) is 0 Å². The van der Waals surface area contributed by atoms with Crippen molar-refractivity contribution >= 4 is 46.2 Å². The second kappa shape index (κ2) is 6.38. The largest absolute Gasteiger partial charge is 0.300 e. The highest BCUT2D eigenvalue weighted by molar-refractivity contribution is 8.18. The van der Waals surface area contributed by atoms with Gasteiger partial charge in [0.15, 0.2) is 5.17 Å². The van der Waals surface area contributed by atoms with Crippen LogP contribution >= 0.6 is 23.4 Å². The molecule has 5 heteroatoms. The molecule has 3 rings (SSSR count). The molecule has 0 aliphatic carbocycles. The molecule has 110 valence electrons. The van der Waals surface area contributed by atoms with E-state index in [1.54, 1.807) is 12.1 Å². The van der Waals surface area contributed by atoms with Crippen LogP contribution < -0.4 is 5.32 Å². The Morgan fingerprint density at radius 1 is 1.14 bits per heavy atom. The lowest BCUT2D eigenvalue weighted by Gasteiger charge is -1.99. The monoisotopic (exact) mass is 328 g/mol. The van der Waals surface area contributed by atoms with Crippen molar-refractivity contribution in [1.29, 1.82) is 0 Å². The quantitative estimate of drug-likeness (QED) is 0.822. The van der Waals surface area contributed by atoms with E-state index in [0.717, 1.165) is 16.8 Å². The summed E-state index contributed by atoms with van der Waals surface area (Å²) in [6, 6.07) is 15.2. The predicted molar refractivity (Wildman–Crippen MR) is 93.4 cm³/mol. The Morgan fingerprint density at radius 3 is 2.59 bits per heavy atom. The van der Waals surface area contributed by atoms with E-state index in [1.165, 1.54) is 11.8 Å². The third-order valence-corrected chi connectivity index (χ3v) is 4.32. The Balaban J connectivity index is 1.84. The SMILES string of the molecule is Cc1ccccc1N=C1NC(=O)/C(=C\c2ccc(Cl)cc2)S1. The number of nitrogens with zero attached hydrogens (tertiary/aromatic N) is 1. The van der Waals surface area contributed by atoms with Crippen LogP contribution in [0.15, 0.2) is 58.4 Å². The number of amides is 1. The van der Waals surface area contributed by atoms with Crippen molar-refractivity contribution in [3.63, 3.8) is 0 Å². The minimum absolute atomic E-state index is 0.132. The number of nitrogens with one attached hydrogen (secondary N) is 1. The van der Waals surface area contributed by atoms with Crippen LogP contribution in [0, 0.1) is 6.92 Å². The van der Waals surface area contributed by atoms with E-state index >= 15 is 0 Å². The second-order valence-electron chi connectivity index (χ2n) is 4.82. The van der Waals surface area contributed by atoms with Crippen LogP contribution in [0.4, 0.5) is 5.69 Å². The smallest absolute Gasteiger partial charge is 0.264 e. The average Bonchev–Trinajstić information content (AvgIpc) is 2.84. The first kappa shape index (κ1) is 14.9. The van der Waals surface area contributed by atoms with E-state index in [2.05, 4.69) is 10.3 Å². The number of aryl methyl sites for hydroxylation is 1. The van der Waals surface area contributed by atoms with Crippen LogP contribution in [0.2, 0.25) is 5.02 Å². The number of benzene rings is 2. The second-order valence-corrected chi connectivity index (χ2v) is 6.29. The average molecular weight is 329 g/mol. The summed E-state index contributed by atoms with van der Waals surface area (Å²) in [6.07, 6.45) is 1.83. The number of para-hydroxylation sites is 1. The summed E-state index contributed by atoms with van der Waals surface area (Å²) in [5.74, 6) is -0.132. The highest BCUT2D eigenvalue weighted by atomic mass is 35.5. The van der Waals surface area contributed by atoms with Gasteiger partial charge in [0.1, 0.15) is 0 Å². The molecule has 22 heavy (non-hydrogen) atoms. The number of rotatable bonds is 2. The summed E-state index contributed by atoms with van der Waals surface area (Å²) in [6.45, 7) is 1.99. The summed E-state index contributed by atoms with van der Waals surface area (Å²) in [5.41, 5.74) is 2.86. The van der Waals surface area contributed by atoms with Crippen molar-refractivity contribution < 1.29 is 4.79 Å². The fraction of sp³-hybridized carbons (Fsp3) is 0.0588. The fourth-order valence-electron chi connectivity index (χ4n) is 1.99. The normalized spacial score (nSPS) is 18.0. The molecule has 1 amide bonds. The molecular formula is C17H13ClN2OS. The van der Waals surface area contributed by atoms with Gasteiger partial charge in [0.25, 0.3) is 5.91 Å². The summed E-state index contributed by atoms with van der Waals surface area (Å²) in [4.78, 5) is 17.1. The minimum atomic E-state index is -0.132. The van der Waals surface area contributed by atoms with Crippen LogP contribution in [0.25, 0.3) is 6.08 Å². The first-order chi connectivity index (χ1) is 10.6. The number of carbonyl (C=O) groups excluding carboxylic acids is 1. The lowest BCUT2D eigenvalue weighted by Crippen LogP contribution is -2.19. The maximum atomic E-state index is 12.0. The van der Waals surface area contributed by atoms with Crippen molar-refractivity contribution in [1.82, 2.24) is 5.32 Å². The highest BCUT2D eigenvalue weighted by Gasteiger charge is 2.23. The molecular weight excluding hydrogens is 316 g/mol. The zero-order chi connectivity index (χ0) is 15.5. The Morgan fingerprint density at radius 2 is 1.86 bits per heavy atom. The molecule has 1 aliphatic heterocycles. The maximum absolute atomic E-state index is 12.0. The standard InChI is InChI=1S/C17H13ClN2OS/c1-11-4-2-3-5-14(11)19-17-20-16(21)15(22-17)10-12-6-8-13(18)9-7-12/h2-10H,1H3,(H,19,20,21)/b15-10+. The van der Waals surface area contributed by atoms with Gasteiger partial charge >= 0.3 is 0 Å². The zero-order valence-electron chi connectivity index (χ0n) is 11.8. The van der Waals surface area contributed by atoms with Gasteiger partial charge in [0.05, 0.1) is 10.6 Å². The Bertz CT molecular complexity index is 782. The van der Waals surface area contributed by atoms with Gasteiger partial charge in [-0.15, -0.1) is 0 Å². The molecule has 0 saturated carbocycles. The van der Waals surface area contributed by atoms with Gasteiger partial charge in [-0.1, -0.05) is 41.9 Å². The zero-order valence-corrected chi connectivity index (χ0v) is 13.4. The van der Waals surface area contributed by atoms with E-state index in [0.29, 0.717) is 15.1 Å². The number of hydrogen-bond donors (Lipinski definition) is 1. The first-order valence-electron chi connectivity index (χ1n) is 6.72. The van der Waals surface area contributed by atoms with E-state index < -0.39 is 0 Å². The van der Waals surface area contributed by atoms with Gasteiger partial charge in [-0.2, -0.15) is 0 Å². The molecule has 0 radical (unpaired) electrons. The van der Waals surface area contributed by atoms with Crippen molar-refractivity contribution in [2.45, 2.75) is 6.92 Å². The maximum Gasteiger partial charge on any atom is 0.264 e. The van der Waals surface area contributed by atoms with Gasteiger partial charge in [-0.3, -0.25) is 4.79 Å². The van der Waals surface area contributed by atoms with Gasteiger partial charge in [0, 0.05) is 5.02 Å². The lowest BCUT2D eigenvalue weighted by atomic mass is 10.2. The van der Waals surface area contributed by atoms with Crippen LogP contribution in [0.3, 0.4) is 0 Å². The van der Waals surface area contributed by atoms with Gasteiger partial charge in [-0.25, -0.2) is 4.99 Å². The van der Waals surface area contributed by atoms with Crippen molar-refractivity contribution in [3.8, 4) is 0 Å². The number of thioether (sulfide) groups is 1. The van der Waals surface area contributed by atoms with E-state index in [9.17, 15) is 4.79 Å². The minimum Gasteiger partial charge on any atom is -0.300 e. The molecule has 2 aromatic rings. The summed E-state index contributed by atoms with van der Waals surface area (Å²) in [7, 11) is 0. The number of aliphatic imine (C=N–C) groups is 1.